The normalized spacial score (nSPS) is 19.2. The van der Waals surface area contributed by atoms with Gasteiger partial charge in [-0.05, 0) is 49.7 Å². The highest BCUT2D eigenvalue weighted by atomic mass is 16.5. The van der Waals surface area contributed by atoms with Gasteiger partial charge in [-0.3, -0.25) is 9.59 Å². The number of methoxy groups -OCH3 is 2. The zero-order valence-electron chi connectivity index (χ0n) is 17.0. The second kappa shape index (κ2) is 9.05. The van der Waals surface area contributed by atoms with E-state index in [1.807, 2.05) is 24.3 Å². The molecule has 2 N–H and O–H groups in total. The molecule has 154 valence electrons. The van der Waals surface area contributed by atoms with Crippen LogP contribution in [0.4, 0.5) is 0 Å². The molecule has 2 amide bonds. The summed E-state index contributed by atoms with van der Waals surface area (Å²) in [7, 11) is 3.37. The van der Waals surface area contributed by atoms with Gasteiger partial charge < -0.3 is 20.1 Å². The minimum absolute atomic E-state index is 0.0287. The van der Waals surface area contributed by atoms with E-state index < -0.39 is 0 Å². The Labute approximate surface area is 167 Å². The Kier molecular flexibility index (Phi) is 6.73. The number of rotatable bonds is 10. The molecule has 28 heavy (non-hydrogen) atoms. The van der Waals surface area contributed by atoms with Crippen molar-refractivity contribution < 1.29 is 19.1 Å². The van der Waals surface area contributed by atoms with Crippen molar-refractivity contribution in [3.05, 3.63) is 35.4 Å². The third-order valence-electron chi connectivity index (χ3n) is 6.36. The van der Waals surface area contributed by atoms with Crippen LogP contribution in [0.25, 0.3) is 0 Å². The Morgan fingerprint density at radius 3 is 1.39 bits per heavy atom. The molecule has 0 radical (unpaired) electrons. The maximum Gasteiger partial charge on any atom is 0.223 e. The number of benzene rings is 1. The van der Waals surface area contributed by atoms with Crippen LogP contribution in [-0.4, -0.2) is 37.2 Å². The molecule has 3 rings (SSSR count). The lowest BCUT2D eigenvalue weighted by molar-refractivity contribution is -0.135. The summed E-state index contributed by atoms with van der Waals surface area (Å²) < 4.78 is 11.0. The van der Waals surface area contributed by atoms with Crippen LogP contribution < -0.4 is 10.6 Å². The highest BCUT2D eigenvalue weighted by Crippen LogP contribution is 2.38. The first kappa shape index (κ1) is 20.8. The van der Waals surface area contributed by atoms with Gasteiger partial charge in [-0.15, -0.1) is 0 Å². The first-order valence-corrected chi connectivity index (χ1v) is 10.2. The van der Waals surface area contributed by atoms with Gasteiger partial charge in [0.2, 0.25) is 11.8 Å². The molecule has 2 saturated carbocycles. The Hall–Kier alpha value is -1.92. The van der Waals surface area contributed by atoms with Gasteiger partial charge in [0.1, 0.15) is 0 Å². The van der Waals surface area contributed by atoms with E-state index in [1.54, 1.807) is 14.2 Å². The van der Waals surface area contributed by atoms with Gasteiger partial charge in [-0.1, -0.05) is 24.3 Å². The summed E-state index contributed by atoms with van der Waals surface area (Å²) in [6, 6.07) is 7.94. The summed E-state index contributed by atoms with van der Waals surface area (Å²) in [6.45, 7) is 1.00. The summed E-state index contributed by atoms with van der Waals surface area (Å²) in [6.07, 6.45) is 6.96. The van der Waals surface area contributed by atoms with Crippen molar-refractivity contribution in [2.75, 3.05) is 14.2 Å². The van der Waals surface area contributed by atoms with Gasteiger partial charge in [-0.2, -0.15) is 0 Å². The van der Waals surface area contributed by atoms with Crippen molar-refractivity contribution in [3.63, 3.8) is 0 Å². The average Bonchev–Trinajstić information content (AvgIpc) is 2.65. The molecule has 0 saturated heterocycles. The third-order valence-corrected chi connectivity index (χ3v) is 6.36. The molecular weight excluding hydrogens is 356 g/mol. The average molecular weight is 389 g/mol. The Balaban J connectivity index is 1.38. The van der Waals surface area contributed by atoms with E-state index in [-0.39, 0.29) is 23.0 Å². The van der Waals surface area contributed by atoms with Crippen molar-refractivity contribution in [3.8, 4) is 0 Å². The van der Waals surface area contributed by atoms with Crippen LogP contribution in [0, 0.1) is 0 Å². The number of hydrogen-bond acceptors (Lipinski definition) is 4. The minimum Gasteiger partial charge on any atom is -0.378 e. The molecule has 0 aromatic heterocycles. The van der Waals surface area contributed by atoms with Gasteiger partial charge in [0.05, 0.1) is 24.0 Å². The van der Waals surface area contributed by atoms with Crippen LogP contribution in [0.1, 0.15) is 62.5 Å². The number of carbonyl (C=O) groups excluding carboxylic acids is 2. The van der Waals surface area contributed by atoms with Crippen LogP contribution in [0.5, 0.6) is 0 Å². The van der Waals surface area contributed by atoms with Crippen LogP contribution in [0.3, 0.4) is 0 Å². The standard InChI is InChI=1S/C22H32N2O4/c1-27-21(9-3-10-21)13-19(25)23-15-17-5-7-18(8-6-17)16-24-20(26)14-22(28-2)11-4-12-22/h5-8H,3-4,9-16H2,1-2H3,(H,23,25)(H,24,26). The molecule has 6 nitrogen and oxygen atoms in total. The molecule has 2 aliphatic carbocycles. The summed E-state index contributed by atoms with van der Waals surface area (Å²) >= 11 is 0. The van der Waals surface area contributed by atoms with Crippen LogP contribution in [0.2, 0.25) is 0 Å². The number of ether oxygens (including phenoxy) is 2. The molecule has 2 fully saturated rings. The molecule has 1 aromatic rings. The van der Waals surface area contributed by atoms with Gasteiger partial charge in [0.25, 0.3) is 0 Å². The van der Waals surface area contributed by atoms with E-state index >= 15 is 0 Å². The Morgan fingerprint density at radius 2 is 1.14 bits per heavy atom. The molecule has 0 heterocycles. The molecular formula is C22H32N2O4. The first-order chi connectivity index (χ1) is 13.5. The van der Waals surface area contributed by atoms with E-state index in [9.17, 15) is 9.59 Å². The Morgan fingerprint density at radius 1 is 0.786 bits per heavy atom. The number of carbonyl (C=O) groups is 2. The topological polar surface area (TPSA) is 76.7 Å². The second-order valence-corrected chi connectivity index (χ2v) is 8.20. The predicted octanol–water partition coefficient (Wildman–Crippen LogP) is 2.84. The van der Waals surface area contributed by atoms with Crippen molar-refractivity contribution in [1.82, 2.24) is 10.6 Å². The number of hydrogen-bond donors (Lipinski definition) is 2. The number of amides is 2. The molecule has 0 spiro atoms. The molecule has 0 atom stereocenters. The molecule has 0 bridgehead atoms. The molecule has 1 aromatic carbocycles. The predicted molar refractivity (Wildman–Crippen MR) is 107 cm³/mol. The van der Waals surface area contributed by atoms with Crippen molar-refractivity contribution >= 4 is 11.8 Å². The van der Waals surface area contributed by atoms with E-state index in [4.69, 9.17) is 9.47 Å². The van der Waals surface area contributed by atoms with Crippen LogP contribution in [-0.2, 0) is 32.2 Å². The monoisotopic (exact) mass is 388 g/mol. The van der Waals surface area contributed by atoms with E-state index in [0.29, 0.717) is 25.9 Å². The SMILES string of the molecule is COC1(CC(=O)NCc2ccc(CNC(=O)CC3(OC)CCC3)cc2)CCC1. The number of nitrogens with one attached hydrogen (secondary N) is 2. The summed E-state index contributed by atoms with van der Waals surface area (Å²) in [5, 5.41) is 5.94. The van der Waals surface area contributed by atoms with Crippen LogP contribution >= 0.6 is 0 Å². The van der Waals surface area contributed by atoms with E-state index in [1.165, 1.54) is 0 Å². The van der Waals surface area contributed by atoms with E-state index in [2.05, 4.69) is 10.6 Å². The summed E-state index contributed by atoms with van der Waals surface area (Å²) in [5.41, 5.74) is 1.59. The Bertz CT molecular complexity index is 608. The minimum atomic E-state index is -0.243. The summed E-state index contributed by atoms with van der Waals surface area (Å²) in [4.78, 5) is 24.3. The van der Waals surface area contributed by atoms with Crippen molar-refractivity contribution in [1.29, 1.82) is 0 Å². The van der Waals surface area contributed by atoms with Crippen molar-refractivity contribution in [2.24, 2.45) is 0 Å². The third kappa shape index (κ3) is 5.11. The lowest BCUT2D eigenvalue weighted by Crippen LogP contribution is -2.43. The fourth-order valence-electron chi connectivity index (χ4n) is 3.93. The quantitative estimate of drug-likeness (QED) is 0.646. The highest BCUT2D eigenvalue weighted by Gasteiger charge is 2.39. The fraction of sp³-hybridized carbons (Fsp3) is 0.636. The lowest BCUT2D eigenvalue weighted by Gasteiger charge is -2.39. The largest absolute Gasteiger partial charge is 0.378 e. The second-order valence-electron chi connectivity index (χ2n) is 8.20. The zero-order valence-corrected chi connectivity index (χ0v) is 17.0. The lowest BCUT2D eigenvalue weighted by atomic mass is 9.77. The van der Waals surface area contributed by atoms with Gasteiger partial charge in [-0.25, -0.2) is 0 Å². The van der Waals surface area contributed by atoms with Crippen LogP contribution in [0.15, 0.2) is 24.3 Å². The van der Waals surface area contributed by atoms with Gasteiger partial charge in [0, 0.05) is 27.3 Å². The summed E-state index contributed by atoms with van der Waals surface area (Å²) in [5.74, 6) is 0.0573. The molecule has 0 aliphatic heterocycles. The molecule has 6 heteroatoms. The van der Waals surface area contributed by atoms with E-state index in [0.717, 1.165) is 49.7 Å². The van der Waals surface area contributed by atoms with Crippen molar-refractivity contribution in [2.45, 2.75) is 75.7 Å². The van der Waals surface area contributed by atoms with Gasteiger partial charge in [0.15, 0.2) is 0 Å². The highest BCUT2D eigenvalue weighted by molar-refractivity contribution is 5.77. The fourth-order valence-corrected chi connectivity index (χ4v) is 3.93. The van der Waals surface area contributed by atoms with Gasteiger partial charge >= 0.3 is 0 Å². The molecule has 0 unspecified atom stereocenters. The zero-order chi connectivity index (χ0) is 20.0. The maximum absolute atomic E-state index is 12.1. The molecule has 2 aliphatic rings. The smallest absolute Gasteiger partial charge is 0.223 e. The maximum atomic E-state index is 12.1. The first-order valence-electron chi connectivity index (χ1n) is 10.2.